The number of aryl methyl sites for hydroxylation is 1. The number of hydrogen-bond acceptors (Lipinski definition) is 3. The molecule has 1 N–H and O–H groups in total. The van der Waals surface area contributed by atoms with Gasteiger partial charge in [0, 0.05) is 19.0 Å². The van der Waals surface area contributed by atoms with E-state index in [0.717, 1.165) is 17.8 Å². The van der Waals surface area contributed by atoms with Crippen LogP contribution in [0.15, 0.2) is 12.1 Å². The van der Waals surface area contributed by atoms with Gasteiger partial charge in [-0.15, -0.1) is 0 Å². The van der Waals surface area contributed by atoms with Crippen molar-refractivity contribution < 1.29 is 9.90 Å². The third kappa shape index (κ3) is 2.06. The van der Waals surface area contributed by atoms with E-state index in [1.165, 1.54) is 4.90 Å². The fourth-order valence-electron chi connectivity index (χ4n) is 1.80. The third-order valence-electron chi connectivity index (χ3n) is 2.70. The summed E-state index contributed by atoms with van der Waals surface area (Å²) in [6, 6.07) is 3.84. The molecule has 15 heavy (non-hydrogen) atoms. The minimum absolute atomic E-state index is 0.203. The standard InChI is InChI=1S/C10H13N3O2/c1-7-2-3-9(12-11-7)8-4-5-13(6-8)10(14)15/h2-3,8H,4-6H2,1H3,(H,14,15). The Balaban J connectivity index is 2.07. The summed E-state index contributed by atoms with van der Waals surface area (Å²) in [6.45, 7) is 3.01. The van der Waals surface area contributed by atoms with Gasteiger partial charge in [-0.2, -0.15) is 10.2 Å². The minimum atomic E-state index is -0.849. The van der Waals surface area contributed by atoms with Crippen LogP contribution in [0.5, 0.6) is 0 Å². The molecule has 80 valence electrons. The van der Waals surface area contributed by atoms with E-state index >= 15 is 0 Å². The molecular weight excluding hydrogens is 194 g/mol. The lowest BCUT2D eigenvalue weighted by molar-refractivity contribution is 0.155. The maximum Gasteiger partial charge on any atom is 0.407 e. The molecule has 0 bridgehead atoms. The molecule has 1 aliphatic heterocycles. The largest absolute Gasteiger partial charge is 0.465 e. The van der Waals surface area contributed by atoms with E-state index in [1.807, 2.05) is 19.1 Å². The van der Waals surface area contributed by atoms with Crippen molar-refractivity contribution in [1.29, 1.82) is 0 Å². The van der Waals surface area contributed by atoms with Crippen molar-refractivity contribution in [2.75, 3.05) is 13.1 Å². The smallest absolute Gasteiger partial charge is 0.407 e. The van der Waals surface area contributed by atoms with Gasteiger partial charge < -0.3 is 10.0 Å². The summed E-state index contributed by atoms with van der Waals surface area (Å²) in [4.78, 5) is 12.1. The van der Waals surface area contributed by atoms with Crippen molar-refractivity contribution in [3.05, 3.63) is 23.5 Å². The van der Waals surface area contributed by atoms with Crippen molar-refractivity contribution in [3.63, 3.8) is 0 Å². The van der Waals surface area contributed by atoms with Crippen molar-refractivity contribution >= 4 is 6.09 Å². The molecular formula is C10H13N3O2. The zero-order valence-electron chi connectivity index (χ0n) is 8.55. The molecule has 1 atom stereocenters. The Bertz CT molecular complexity index is 363. The first-order chi connectivity index (χ1) is 7.16. The quantitative estimate of drug-likeness (QED) is 0.752. The number of rotatable bonds is 1. The van der Waals surface area contributed by atoms with Gasteiger partial charge in [0.05, 0.1) is 11.4 Å². The average Bonchev–Trinajstić information content (AvgIpc) is 2.68. The second-order valence-electron chi connectivity index (χ2n) is 3.81. The van der Waals surface area contributed by atoms with E-state index in [0.29, 0.717) is 13.1 Å². The van der Waals surface area contributed by atoms with Gasteiger partial charge >= 0.3 is 6.09 Å². The summed E-state index contributed by atoms with van der Waals surface area (Å²) in [7, 11) is 0. The normalized spacial score (nSPS) is 20.6. The molecule has 1 aliphatic rings. The lowest BCUT2D eigenvalue weighted by Gasteiger charge is -2.11. The number of nitrogens with zero attached hydrogens (tertiary/aromatic N) is 3. The molecule has 1 fully saturated rings. The predicted octanol–water partition coefficient (Wildman–Crippen LogP) is 1.25. The third-order valence-corrected chi connectivity index (χ3v) is 2.70. The molecule has 0 aromatic carbocycles. The molecule has 1 aromatic rings. The van der Waals surface area contributed by atoms with E-state index in [4.69, 9.17) is 5.11 Å². The highest BCUT2D eigenvalue weighted by Crippen LogP contribution is 2.25. The molecule has 1 unspecified atom stereocenters. The topological polar surface area (TPSA) is 66.3 Å². The fourth-order valence-corrected chi connectivity index (χ4v) is 1.80. The summed E-state index contributed by atoms with van der Waals surface area (Å²) in [5, 5.41) is 16.9. The van der Waals surface area contributed by atoms with Gasteiger partial charge in [-0.1, -0.05) is 0 Å². The van der Waals surface area contributed by atoms with Crippen LogP contribution in [0.4, 0.5) is 4.79 Å². The van der Waals surface area contributed by atoms with Crippen molar-refractivity contribution in [3.8, 4) is 0 Å². The molecule has 2 heterocycles. The summed E-state index contributed by atoms with van der Waals surface area (Å²) < 4.78 is 0. The molecule has 0 aliphatic carbocycles. The van der Waals surface area contributed by atoms with E-state index < -0.39 is 6.09 Å². The van der Waals surface area contributed by atoms with E-state index in [-0.39, 0.29) is 5.92 Å². The average molecular weight is 207 g/mol. The summed E-state index contributed by atoms with van der Waals surface area (Å²) in [6.07, 6.45) is -0.0121. The second kappa shape index (κ2) is 3.84. The lowest BCUT2D eigenvalue weighted by Crippen LogP contribution is -2.26. The van der Waals surface area contributed by atoms with Crippen molar-refractivity contribution in [1.82, 2.24) is 15.1 Å². The number of aromatic nitrogens is 2. The van der Waals surface area contributed by atoms with E-state index in [1.54, 1.807) is 0 Å². The van der Waals surface area contributed by atoms with Crippen LogP contribution in [-0.2, 0) is 0 Å². The highest BCUT2D eigenvalue weighted by molar-refractivity contribution is 5.65. The maximum absolute atomic E-state index is 10.7. The fraction of sp³-hybridized carbons (Fsp3) is 0.500. The first-order valence-corrected chi connectivity index (χ1v) is 4.95. The Hall–Kier alpha value is -1.65. The van der Waals surface area contributed by atoms with Crippen LogP contribution in [0.1, 0.15) is 23.7 Å². The molecule has 2 rings (SSSR count). The molecule has 0 saturated carbocycles. The monoisotopic (exact) mass is 207 g/mol. The van der Waals surface area contributed by atoms with Crippen LogP contribution in [0.25, 0.3) is 0 Å². The number of amides is 1. The number of carbonyl (C=O) groups is 1. The predicted molar refractivity (Wildman–Crippen MR) is 53.7 cm³/mol. The summed E-state index contributed by atoms with van der Waals surface area (Å²) >= 11 is 0. The molecule has 0 spiro atoms. The molecule has 1 aromatic heterocycles. The van der Waals surface area contributed by atoms with Gasteiger partial charge in [0.2, 0.25) is 0 Å². The molecule has 1 saturated heterocycles. The van der Waals surface area contributed by atoms with Crippen molar-refractivity contribution in [2.24, 2.45) is 0 Å². The molecule has 5 heteroatoms. The SMILES string of the molecule is Cc1ccc(C2CCN(C(=O)O)C2)nn1. The maximum atomic E-state index is 10.7. The van der Waals surface area contributed by atoms with Gasteiger partial charge in [0.1, 0.15) is 0 Å². The Morgan fingerprint density at radius 3 is 2.87 bits per heavy atom. The van der Waals surface area contributed by atoms with Crippen LogP contribution < -0.4 is 0 Å². The van der Waals surface area contributed by atoms with Crippen LogP contribution in [-0.4, -0.2) is 39.4 Å². The van der Waals surface area contributed by atoms with Crippen molar-refractivity contribution in [2.45, 2.75) is 19.3 Å². The summed E-state index contributed by atoms with van der Waals surface area (Å²) in [5.74, 6) is 0.203. The number of likely N-dealkylation sites (tertiary alicyclic amines) is 1. The molecule has 1 amide bonds. The van der Waals surface area contributed by atoms with Gasteiger partial charge in [-0.05, 0) is 25.5 Å². The Morgan fingerprint density at radius 2 is 2.33 bits per heavy atom. The second-order valence-corrected chi connectivity index (χ2v) is 3.81. The first kappa shape index (κ1) is 9.89. The zero-order chi connectivity index (χ0) is 10.8. The van der Waals surface area contributed by atoms with Crippen LogP contribution in [0, 0.1) is 6.92 Å². The van der Waals surface area contributed by atoms with Crippen LogP contribution >= 0.6 is 0 Å². The Labute approximate surface area is 87.7 Å². The van der Waals surface area contributed by atoms with Gasteiger partial charge in [0.15, 0.2) is 0 Å². The van der Waals surface area contributed by atoms with Gasteiger partial charge in [-0.25, -0.2) is 4.79 Å². The summed E-state index contributed by atoms with van der Waals surface area (Å²) in [5.41, 5.74) is 1.77. The Morgan fingerprint density at radius 1 is 1.53 bits per heavy atom. The highest BCUT2D eigenvalue weighted by atomic mass is 16.4. The van der Waals surface area contributed by atoms with E-state index in [9.17, 15) is 4.79 Å². The number of hydrogen-bond donors (Lipinski definition) is 1. The molecule has 0 radical (unpaired) electrons. The minimum Gasteiger partial charge on any atom is -0.465 e. The van der Waals surface area contributed by atoms with Crippen LogP contribution in [0.3, 0.4) is 0 Å². The zero-order valence-corrected chi connectivity index (χ0v) is 8.55. The van der Waals surface area contributed by atoms with Crippen LogP contribution in [0.2, 0.25) is 0 Å². The van der Waals surface area contributed by atoms with Gasteiger partial charge in [0.25, 0.3) is 0 Å². The molecule has 5 nitrogen and oxygen atoms in total. The number of carboxylic acid groups (broad SMARTS) is 1. The van der Waals surface area contributed by atoms with E-state index in [2.05, 4.69) is 10.2 Å². The Kier molecular flexibility index (Phi) is 2.53. The first-order valence-electron chi connectivity index (χ1n) is 4.95. The van der Waals surface area contributed by atoms with Gasteiger partial charge in [-0.3, -0.25) is 0 Å². The highest BCUT2D eigenvalue weighted by Gasteiger charge is 2.27. The lowest BCUT2D eigenvalue weighted by atomic mass is 10.0.